The molecule has 2 aromatic carbocycles. The molecule has 0 spiro atoms. The van der Waals surface area contributed by atoms with Crippen molar-refractivity contribution in [1.82, 2.24) is 5.32 Å². The van der Waals surface area contributed by atoms with Gasteiger partial charge in [-0.3, -0.25) is 4.79 Å². The van der Waals surface area contributed by atoms with E-state index in [4.69, 9.17) is 9.47 Å². The highest BCUT2D eigenvalue weighted by Gasteiger charge is 2.12. The predicted octanol–water partition coefficient (Wildman–Crippen LogP) is 1.54. The van der Waals surface area contributed by atoms with Crippen molar-refractivity contribution in [2.75, 3.05) is 19.8 Å². The fourth-order valence-electron chi connectivity index (χ4n) is 2.42. The van der Waals surface area contributed by atoms with Crippen LogP contribution in [0.3, 0.4) is 0 Å². The molecule has 0 aliphatic carbocycles. The van der Waals surface area contributed by atoms with Crippen LogP contribution in [0.15, 0.2) is 54.6 Å². The summed E-state index contributed by atoms with van der Waals surface area (Å²) in [6.45, 7) is 1.78. The predicted molar refractivity (Wildman–Crippen MR) is 98.3 cm³/mol. The first-order chi connectivity index (χ1) is 12.6. The highest BCUT2D eigenvalue weighted by molar-refractivity contribution is 5.69. The number of para-hydroxylation sites is 1. The van der Waals surface area contributed by atoms with E-state index >= 15 is 0 Å². The van der Waals surface area contributed by atoms with E-state index in [1.807, 2.05) is 42.5 Å². The van der Waals surface area contributed by atoms with Gasteiger partial charge in [-0.05, 0) is 36.2 Å². The van der Waals surface area contributed by atoms with Crippen LogP contribution < -0.4 is 14.8 Å². The number of hydrogen-bond donors (Lipinski definition) is 3. The summed E-state index contributed by atoms with van der Waals surface area (Å²) in [7, 11) is 0. The van der Waals surface area contributed by atoms with E-state index in [9.17, 15) is 15.0 Å². The molecule has 0 saturated carbocycles. The Morgan fingerprint density at radius 1 is 1.08 bits per heavy atom. The lowest BCUT2D eigenvalue weighted by atomic mass is 10.1. The van der Waals surface area contributed by atoms with Gasteiger partial charge < -0.3 is 25.0 Å². The SMILES string of the molecule is CC(=O)Oc1ccc(C[C@@H](CO)NC[C@H](O)COc2ccccc2)cc1. The topological polar surface area (TPSA) is 88.0 Å². The number of rotatable bonds is 10. The minimum Gasteiger partial charge on any atom is -0.491 e. The summed E-state index contributed by atoms with van der Waals surface area (Å²) in [4.78, 5) is 10.9. The Morgan fingerprint density at radius 3 is 2.38 bits per heavy atom. The average Bonchev–Trinajstić information content (AvgIpc) is 2.65. The molecule has 0 unspecified atom stereocenters. The zero-order chi connectivity index (χ0) is 18.8. The Bertz CT molecular complexity index is 660. The third-order valence-corrected chi connectivity index (χ3v) is 3.72. The molecule has 6 heteroatoms. The zero-order valence-electron chi connectivity index (χ0n) is 14.8. The van der Waals surface area contributed by atoms with Gasteiger partial charge in [0.25, 0.3) is 0 Å². The van der Waals surface area contributed by atoms with Gasteiger partial charge in [-0.1, -0.05) is 30.3 Å². The summed E-state index contributed by atoms with van der Waals surface area (Å²) < 4.78 is 10.5. The first-order valence-corrected chi connectivity index (χ1v) is 8.54. The molecule has 0 amide bonds. The van der Waals surface area contributed by atoms with Crippen molar-refractivity contribution in [2.24, 2.45) is 0 Å². The van der Waals surface area contributed by atoms with Gasteiger partial charge in [0, 0.05) is 19.5 Å². The van der Waals surface area contributed by atoms with Crippen LogP contribution >= 0.6 is 0 Å². The van der Waals surface area contributed by atoms with Gasteiger partial charge in [-0.15, -0.1) is 0 Å². The van der Waals surface area contributed by atoms with Crippen LogP contribution in [0, 0.1) is 0 Å². The molecule has 0 fully saturated rings. The monoisotopic (exact) mass is 359 g/mol. The van der Waals surface area contributed by atoms with Crippen molar-refractivity contribution in [2.45, 2.75) is 25.5 Å². The number of carbonyl (C=O) groups is 1. The molecular formula is C20H25NO5. The van der Waals surface area contributed by atoms with Crippen LogP contribution in [0.1, 0.15) is 12.5 Å². The molecule has 2 aromatic rings. The lowest BCUT2D eigenvalue weighted by Gasteiger charge is -2.19. The van der Waals surface area contributed by atoms with E-state index in [0.29, 0.717) is 24.5 Å². The van der Waals surface area contributed by atoms with E-state index < -0.39 is 6.10 Å². The van der Waals surface area contributed by atoms with Crippen LogP contribution in [0.25, 0.3) is 0 Å². The molecule has 2 rings (SSSR count). The van der Waals surface area contributed by atoms with Crippen LogP contribution in [0.4, 0.5) is 0 Å². The Labute approximate surface area is 153 Å². The molecule has 6 nitrogen and oxygen atoms in total. The Kier molecular flexibility index (Phi) is 8.08. The molecule has 0 saturated heterocycles. The Hall–Kier alpha value is -2.41. The average molecular weight is 359 g/mol. The van der Waals surface area contributed by atoms with E-state index in [1.54, 1.807) is 12.1 Å². The summed E-state index contributed by atoms with van der Waals surface area (Å²) in [6, 6.07) is 16.2. The second kappa shape index (κ2) is 10.6. The number of carbonyl (C=O) groups excluding carboxylic acids is 1. The molecule has 0 bridgehead atoms. The maximum atomic E-state index is 10.9. The van der Waals surface area contributed by atoms with Gasteiger partial charge in [0.05, 0.1) is 6.61 Å². The molecule has 0 aliphatic heterocycles. The number of ether oxygens (including phenoxy) is 2. The quantitative estimate of drug-likeness (QED) is 0.441. The first-order valence-electron chi connectivity index (χ1n) is 8.54. The molecule has 0 heterocycles. The van der Waals surface area contributed by atoms with Crippen molar-refractivity contribution in [3.05, 3.63) is 60.2 Å². The fraction of sp³-hybridized carbons (Fsp3) is 0.350. The highest BCUT2D eigenvalue weighted by atomic mass is 16.5. The zero-order valence-corrected chi connectivity index (χ0v) is 14.8. The lowest BCUT2D eigenvalue weighted by molar-refractivity contribution is -0.131. The smallest absolute Gasteiger partial charge is 0.308 e. The molecule has 0 aliphatic rings. The van der Waals surface area contributed by atoms with Crippen molar-refractivity contribution < 1.29 is 24.5 Å². The number of nitrogens with one attached hydrogen (secondary N) is 1. The Morgan fingerprint density at radius 2 is 1.77 bits per heavy atom. The molecule has 140 valence electrons. The summed E-state index contributed by atoms with van der Waals surface area (Å²) in [5.41, 5.74) is 0.988. The third kappa shape index (κ3) is 7.23. The van der Waals surface area contributed by atoms with E-state index in [1.165, 1.54) is 6.92 Å². The molecule has 3 N–H and O–H groups in total. The summed E-state index contributed by atoms with van der Waals surface area (Å²) in [5, 5.41) is 22.7. The second-order valence-corrected chi connectivity index (χ2v) is 6.01. The molecular weight excluding hydrogens is 334 g/mol. The summed E-state index contributed by atoms with van der Waals surface area (Å²) >= 11 is 0. The normalized spacial score (nSPS) is 13.0. The number of esters is 1. The van der Waals surface area contributed by atoms with Crippen molar-refractivity contribution in [1.29, 1.82) is 0 Å². The Balaban J connectivity index is 1.75. The minimum absolute atomic E-state index is 0.0576. The summed E-state index contributed by atoms with van der Waals surface area (Å²) in [6.07, 6.45) is -0.0982. The van der Waals surface area contributed by atoms with Gasteiger partial charge in [-0.2, -0.15) is 0 Å². The van der Waals surface area contributed by atoms with Crippen molar-refractivity contribution in [3.63, 3.8) is 0 Å². The number of benzene rings is 2. The molecule has 26 heavy (non-hydrogen) atoms. The molecule has 2 atom stereocenters. The maximum Gasteiger partial charge on any atom is 0.308 e. The van der Waals surface area contributed by atoms with Gasteiger partial charge >= 0.3 is 5.97 Å². The van der Waals surface area contributed by atoms with Gasteiger partial charge in [0.1, 0.15) is 24.2 Å². The number of aliphatic hydroxyl groups excluding tert-OH is 2. The van der Waals surface area contributed by atoms with E-state index in [2.05, 4.69) is 5.32 Å². The molecule has 0 aromatic heterocycles. The second-order valence-electron chi connectivity index (χ2n) is 6.01. The van der Waals surface area contributed by atoms with Gasteiger partial charge in [0.15, 0.2) is 0 Å². The standard InChI is InChI=1S/C20H25NO5/c1-15(23)26-20-9-7-16(8-10-20)11-17(13-22)21-12-18(24)14-25-19-5-3-2-4-6-19/h2-10,17-18,21-22,24H,11-14H2,1H3/t17-,18-/m0/s1. The summed E-state index contributed by atoms with van der Waals surface area (Å²) in [5.74, 6) is 0.834. The first kappa shape index (κ1) is 19.9. The van der Waals surface area contributed by atoms with Crippen LogP contribution in [0.5, 0.6) is 11.5 Å². The van der Waals surface area contributed by atoms with Gasteiger partial charge in [-0.25, -0.2) is 0 Å². The minimum atomic E-state index is -0.685. The van der Waals surface area contributed by atoms with E-state index in [0.717, 1.165) is 5.56 Å². The van der Waals surface area contributed by atoms with Crippen LogP contribution in [-0.4, -0.2) is 48.1 Å². The van der Waals surface area contributed by atoms with Crippen LogP contribution in [-0.2, 0) is 11.2 Å². The number of aliphatic hydroxyl groups is 2. The van der Waals surface area contributed by atoms with Crippen LogP contribution in [0.2, 0.25) is 0 Å². The van der Waals surface area contributed by atoms with E-state index in [-0.39, 0.29) is 25.2 Å². The lowest BCUT2D eigenvalue weighted by Crippen LogP contribution is -2.41. The molecule has 0 radical (unpaired) electrons. The highest BCUT2D eigenvalue weighted by Crippen LogP contribution is 2.14. The fourth-order valence-corrected chi connectivity index (χ4v) is 2.42. The van der Waals surface area contributed by atoms with Crippen molar-refractivity contribution in [3.8, 4) is 11.5 Å². The number of hydrogen-bond acceptors (Lipinski definition) is 6. The maximum absolute atomic E-state index is 10.9. The van der Waals surface area contributed by atoms with Gasteiger partial charge in [0.2, 0.25) is 0 Å². The van der Waals surface area contributed by atoms with Crippen molar-refractivity contribution >= 4 is 5.97 Å². The third-order valence-electron chi connectivity index (χ3n) is 3.72. The largest absolute Gasteiger partial charge is 0.491 e.